The molecule has 0 spiro atoms. The van der Waals surface area contributed by atoms with Crippen molar-refractivity contribution < 1.29 is 23.8 Å². The lowest BCUT2D eigenvalue weighted by atomic mass is 9.92. The number of rotatable bonds is 3. The maximum atomic E-state index is 13.6. The molecule has 1 heterocycles. The van der Waals surface area contributed by atoms with Crippen LogP contribution in [0.5, 0.6) is 5.75 Å². The minimum absolute atomic E-state index is 0.0150. The number of fused-ring (bicyclic) bond motifs is 1. The first kappa shape index (κ1) is 17.0. The van der Waals surface area contributed by atoms with Gasteiger partial charge >= 0.3 is 5.97 Å². The molecule has 1 atom stereocenters. The lowest BCUT2D eigenvalue weighted by molar-refractivity contribution is 0.0677. The number of carbonyl (C=O) groups is 2. The number of nitrogens with zero attached hydrogens (tertiary/aromatic N) is 1. The van der Waals surface area contributed by atoms with Crippen molar-refractivity contribution in [2.75, 3.05) is 13.7 Å². The van der Waals surface area contributed by atoms with Crippen LogP contribution in [0.15, 0.2) is 36.4 Å². The van der Waals surface area contributed by atoms with Crippen LogP contribution in [0.3, 0.4) is 0 Å². The molecule has 5 nitrogen and oxygen atoms in total. The van der Waals surface area contributed by atoms with Gasteiger partial charge in [-0.15, -0.1) is 0 Å². The fourth-order valence-corrected chi connectivity index (χ4v) is 3.19. The van der Waals surface area contributed by atoms with Gasteiger partial charge in [-0.2, -0.15) is 0 Å². The fourth-order valence-electron chi connectivity index (χ4n) is 3.19. The fraction of sp³-hybridized carbons (Fsp3) is 0.263. The molecule has 6 heteroatoms. The number of hydrogen-bond acceptors (Lipinski definition) is 3. The summed E-state index contributed by atoms with van der Waals surface area (Å²) in [6, 6.07) is 8.54. The maximum Gasteiger partial charge on any atom is 0.335 e. The van der Waals surface area contributed by atoms with Crippen LogP contribution in [0.4, 0.5) is 4.39 Å². The summed E-state index contributed by atoms with van der Waals surface area (Å²) < 4.78 is 18.7. The highest BCUT2D eigenvalue weighted by Crippen LogP contribution is 2.31. The minimum Gasteiger partial charge on any atom is -0.497 e. The zero-order valence-corrected chi connectivity index (χ0v) is 14.0. The van der Waals surface area contributed by atoms with Crippen molar-refractivity contribution in [2.45, 2.75) is 19.4 Å². The first-order valence-electron chi connectivity index (χ1n) is 7.92. The Morgan fingerprint density at radius 1 is 1.20 bits per heavy atom. The quantitative estimate of drug-likeness (QED) is 0.929. The van der Waals surface area contributed by atoms with E-state index in [0.717, 1.165) is 11.1 Å². The highest BCUT2D eigenvalue weighted by Gasteiger charge is 2.29. The van der Waals surface area contributed by atoms with Crippen molar-refractivity contribution in [3.05, 3.63) is 64.5 Å². The van der Waals surface area contributed by atoms with Crippen LogP contribution < -0.4 is 4.74 Å². The van der Waals surface area contributed by atoms with Crippen molar-refractivity contribution >= 4 is 11.9 Å². The summed E-state index contributed by atoms with van der Waals surface area (Å²) in [5.74, 6) is -1.47. The van der Waals surface area contributed by atoms with Crippen molar-refractivity contribution in [1.82, 2.24) is 4.90 Å². The molecule has 1 N–H and O–H groups in total. The average molecular weight is 343 g/mol. The molecule has 0 bridgehead atoms. The molecular formula is C19H18FNO4. The van der Waals surface area contributed by atoms with Crippen LogP contribution in [0.25, 0.3) is 0 Å². The number of amides is 1. The Hall–Kier alpha value is -2.89. The largest absolute Gasteiger partial charge is 0.497 e. The van der Waals surface area contributed by atoms with E-state index in [9.17, 15) is 19.1 Å². The highest BCUT2D eigenvalue weighted by molar-refractivity contribution is 5.98. The number of ether oxygens (including phenoxy) is 1. The number of carbonyl (C=O) groups excluding carboxylic acids is 1. The molecule has 0 aromatic heterocycles. The van der Waals surface area contributed by atoms with E-state index in [1.807, 2.05) is 6.92 Å². The van der Waals surface area contributed by atoms with Crippen molar-refractivity contribution in [2.24, 2.45) is 0 Å². The Morgan fingerprint density at radius 2 is 1.92 bits per heavy atom. The zero-order valence-electron chi connectivity index (χ0n) is 14.0. The summed E-state index contributed by atoms with van der Waals surface area (Å²) in [6.45, 7) is 2.33. The van der Waals surface area contributed by atoms with E-state index >= 15 is 0 Å². The summed E-state index contributed by atoms with van der Waals surface area (Å²) in [5, 5.41) is 9.21. The molecule has 2 aromatic rings. The van der Waals surface area contributed by atoms with Crippen LogP contribution >= 0.6 is 0 Å². The van der Waals surface area contributed by atoms with E-state index in [1.165, 1.54) is 37.4 Å². The number of hydrogen-bond donors (Lipinski definition) is 1. The molecule has 0 aliphatic carbocycles. The SMILES string of the molecule is COc1cc(C(=O)O)cc(C(=O)N2CCc3ccc(F)cc3[C@H]2C)c1. The molecule has 1 aliphatic heterocycles. The monoisotopic (exact) mass is 343 g/mol. The number of halogens is 1. The third kappa shape index (κ3) is 3.20. The highest BCUT2D eigenvalue weighted by atomic mass is 19.1. The second-order valence-electron chi connectivity index (χ2n) is 6.02. The first-order chi connectivity index (χ1) is 11.9. The zero-order chi connectivity index (χ0) is 18.1. The van der Waals surface area contributed by atoms with E-state index in [2.05, 4.69) is 0 Å². The maximum absolute atomic E-state index is 13.6. The van der Waals surface area contributed by atoms with Crippen molar-refractivity contribution in [1.29, 1.82) is 0 Å². The summed E-state index contributed by atoms with van der Waals surface area (Å²) in [5.41, 5.74) is 2.03. The summed E-state index contributed by atoms with van der Waals surface area (Å²) in [6.07, 6.45) is 0.626. The third-order valence-electron chi connectivity index (χ3n) is 4.54. The van der Waals surface area contributed by atoms with Crippen molar-refractivity contribution in [3.8, 4) is 5.75 Å². The Morgan fingerprint density at radius 3 is 2.60 bits per heavy atom. The van der Waals surface area contributed by atoms with Gasteiger partial charge in [-0.05, 0) is 54.8 Å². The topological polar surface area (TPSA) is 66.8 Å². The normalized spacial score (nSPS) is 16.3. The van der Waals surface area contributed by atoms with Crippen LogP contribution in [-0.2, 0) is 6.42 Å². The third-order valence-corrected chi connectivity index (χ3v) is 4.54. The summed E-state index contributed by atoms with van der Waals surface area (Å²) in [4.78, 5) is 25.8. The number of aromatic carboxylic acids is 1. The molecule has 3 rings (SSSR count). The van der Waals surface area contributed by atoms with Gasteiger partial charge in [-0.1, -0.05) is 6.07 Å². The lowest BCUT2D eigenvalue weighted by Crippen LogP contribution is -2.39. The van der Waals surface area contributed by atoms with E-state index in [-0.39, 0.29) is 28.9 Å². The van der Waals surface area contributed by atoms with Gasteiger partial charge < -0.3 is 14.7 Å². The number of methoxy groups -OCH3 is 1. The smallest absolute Gasteiger partial charge is 0.335 e. The molecule has 130 valence electrons. The summed E-state index contributed by atoms with van der Waals surface area (Å²) in [7, 11) is 1.41. The second-order valence-corrected chi connectivity index (χ2v) is 6.02. The molecule has 0 fully saturated rings. The van der Waals surface area contributed by atoms with Gasteiger partial charge in [0, 0.05) is 12.1 Å². The van der Waals surface area contributed by atoms with Crippen molar-refractivity contribution in [3.63, 3.8) is 0 Å². The molecule has 0 saturated carbocycles. The molecule has 1 amide bonds. The molecule has 0 saturated heterocycles. The van der Waals surface area contributed by atoms with E-state index in [1.54, 1.807) is 11.0 Å². The first-order valence-corrected chi connectivity index (χ1v) is 7.92. The van der Waals surface area contributed by atoms with Gasteiger partial charge in [0.2, 0.25) is 0 Å². The molecular weight excluding hydrogens is 325 g/mol. The Labute approximate surface area is 144 Å². The number of carboxylic acids is 1. The van der Waals surface area contributed by atoms with Gasteiger partial charge in [0.1, 0.15) is 11.6 Å². The number of carboxylic acid groups (broad SMARTS) is 1. The summed E-state index contributed by atoms with van der Waals surface area (Å²) >= 11 is 0. The van der Waals surface area contributed by atoms with E-state index in [0.29, 0.717) is 18.7 Å². The predicted octanol–water partition coefficient (Wildman–Crippen LogP) is 3.29. The van der Waals surface area contributed by atoms with E-state index < -0.39 is 5.97 Å². The molecule has 2 aromatic carbocycles. The van der Waals surface area contributed by atoms with Crippen LogP contribution in [0.2, 0.25) is 0 Å². The van der Waals surface area contributed by atoms with Crippen LogP contribution in [-0.4, -0.2) is 35.5 Å². The predicted molar refractivity (Wildman–Crippen MR) is 89.5 cm³/mol. The van der Waals surface area contributed by atoms with E-state index in [4.69, 9.17) is 4.74 Å². The Bertz CT molecular complexity index is 849. The minimum atomic E-state index is -1.13. The molecule has 0 radical (unpaired) electrons. The molecule has 0 unspecified atom stereocenters. The van der Waals surface area contributed by atoms with Gasteiger partial charge in [0.05, 0.1) is 18.7 Å². The van der Waals surface area contributed by atoms with Gasteiger partial charge in [0.15, 0.2) is 0 Å². The molecule has 1 aliphatic rings. The second kappa shape index (κ2) is 6.55. The van der Waals surface area contributed by atoms with Gasteiger partial charge in [-0.25, -0.2) is 9.18 Å². The molecule has 25 heavy (non-hydrogen) atoms. The van der Waals surface area contributed by atoms with Gasteiger partial charge in [0.25, 0.3) is 5.91 Å². The Kier molecular flexibility index (Phi) is 4.44. The van der Waals surface area contributed by atoms with Crippen LogP contribution in [0.1, 0.15) is 44.8 Å². The Balaban J connectivity index is 1.96. The van der Waals surface area contributed by atoms with Gasteiger partial charge in [-0.3, -0.25) is 4.79 Å². The van der Waals surface area contributed by atoms with Crippen LogP contribution in [0, 0.1) is 5.82 Å². The average Bonchev–Trinajstić information content (AvgIpc) is 2.61. The standard InChI is InChI=1S/C19H18FNO4/c1-11-17-10-15(20)4-3-12(17)5-6-21(11)18(22)13-7-14(19(23)24)9-16(8-13)25-2/h3-4,7-11H,5-6H2,1-2H3,(H,23,24)/t11-/m1/s1. The number of benzene rings is 2. The lowest BCUT2D eigenvalue weighted by Gasteiger charge is -2.35.